The molecule has 1 fully saturated rings. The van der Waals surface area contributed by atoms with Gasteiger partial charge in [0.25, 0.3) is 5.91 Å². The Balaban J connectivity index is 2.10. The van der Waals surface area contributed by atoms with Gasteiger partial charge in [-0.2, -0.15) is 0 Å². The number of hydrogen-bond donors (Lipinski definition) is 2. The number of halogens is 1. The Morgan fingerprint density at radius 2 is 2.35 bits per heavy atom. The number of carbonyl (C=O) groups excluding carboxylic acids is 1. The molecule has 2 atom stereocenters. The third kappa shape index (κ3) is 3.73. The second-order valence-electron chi connectivity index (χ2n) is 4.70. The van der Waals surface area contributed by atoms with Crippen LogP contribution >= 0.6 is 11.6 Å². The normalized spacial score (nSPS) is 21.1. The number of anilines is 1. The Labute approximate surface area is 123 Å². The highest BCUT2D eigenvalue weighted by Gasteiger charge is 2.28. The van der Waals surface area contributed by atoms with Gasteiger partial charge in [-0.3, -0.25) is 4.79 Å². The monoisotopic (exact) mass is 292 g/mol. The number of ether oxygens (including phenoxy) is 1. The summed E-state index contributed by atoms with van der Waals surface area (Å²) in [5.74, 6) is 5.50. The first-order valence-corrected chi connectivity index (χ1v) is 6.92. The van der Waals surface area contributed by atoms with Gasteiger partial charge >= 0.3 is 0 Å². The van der Waals surface area contributed by atoms with Crippen LogP contribution in [0.2, 0.25) is 5.02 Å². The number of carbonyl (C=O) groups is 1. The van der Waals surface area contributed by atoms with Gasteiger partial charge in [0, 0.05) is 5.56 Å². The highest BCUT2D eigenvalue weighted by atomic mass is 35.5. The number of amides is 1. The lowest BCUT2D eigenvalue weighted by Gasteiger charge is -2.13. The van der Waals surface area contributed by atoms with Crippen molar-refractivity contribution < 1.29 is 9.53 Å². The largest absolute Gasteiger partial charge is 0.365 e. The van der Waals surface area contributed by atoms with Crippen molar-refractivity contribution in [2.24, 2.45) is 5.73 Å². The first kappa shape index (κ1) is 14.9. The second-order valence-corrected chi connectivity index (χ2v) is 5.11. The molecule has 1 heterocycles. The number of nitrogens with two attached hydrogens (primary N) is 1. The highest BCUT2D eigenvalue weighted by molar-refractivity contribution is 6.33. The summed E-state index contributed by atoms with van der Waals surface area (Å²) < 4.78 is 5.53. The lowest BCUT2D eigenvalue weighted by Crippen LogP contribution is -2.27. The molecule has 1 aromatic carbocycles. The molecule has 0 spiro atoms. The molecule has 1 amide bonds. The van der Waals surface area contributed by atoms with E-state index in [2.05, 4.69) is 17.2 Å². The van der Waals surface area contributed by atoms with Crippen LogP contribution in [0.25, 0.3) is 0 Å². The zero-order chi connectivity index (χ0) is 14.5. The summed E-state index contributed by atoms with van der Waals surface area (Å²) in [6.45, 7) is 2.25. The van der Waals surface area contributed by atoms with Crippen LogP contribution in [0.15, 0.2) is 18.2 Å². The summed E-state index contributed by atoms with van der Waals surface area (Å²) in [4.78, 5) is 12.1. The fraction of sp³-hybridized carbons (Fsp3) is 0.400. The fourth-order valence-corrected chi connectivity index (χ4v) is 2.23. The Bertz CT molecular complexity index is 563. The van der Waals surface area contributed by atoms with E-state index in [0.717, 1.165) is 18.4 Å². The van der Waals surface area contributed by atoms with Crippen LogP contribution in [0.3, 0.4) is 0 Å². The fourth-order valence-electron chi connectivity index (χ4n) is 2.06. The molecule has 2 rings (SSSR count). The van der Waals surface area contributed by atoms with Gasteiger partial charge in [0.1, 0.15) is 6.10 Å². The van der Waals surface area contributed by atoms with Crippen molar-refractivity contribution in [3.63, 3.8) is 0 Å². The van der Waals surface area contributed by atoms with E-state index < -0.39 is 6.10 Å². The van der Waals surface area contributed by atoms with Gasteiger partial charge in [0.15, 0.2) is 0 Å². The van der Waals surface area contributed by atoms with Gasteiger partial charge in [0.05, 0.1) is 23.4 Å². The molecule has 3 N–H and O–H groups in total. The standard InChI is InChI=1S/C15H17ClN2O2/c1-10-4-7-14(20-10)15(19)18-13-9-11(3-2-8-17)5-6-12(13)16/h5-6,9-10,14H,4,7-8,17H2,1H3,(H,18,19). The Kier molecular flexibility index (Phi) is 5.02. The predicted octanol–water partition coefficient (Wildman–Crippen LogP) is 2.16. The minimum atomic E-state index is -0.403. The van der Waals surface area contributed by atoms with Crippen LogP contribution in [0.5, 0.6) is 0 Å². The van der Waals surface area contributed by atoms with Crippen molar-refractivity contribution in [2.75, 3.05) is 11.9 Å². The molecule has 0 aliphatic carbocycles. The first-order chi connectivity index (χ1) is 9.60. The molecule has 1 saturated heterocycles. The number of rotatable bonds is 2. The lowest BCUT2D eigenvalue weighted by molar-refractivity contribution is -0.126. The van der Waals surface area contributed by atoms with Crippen molar-refractivity contribution >= 4 is 23.2 Å². The molecule has 0 saturated carbocycles. The van der Waals surface area contributed by atoms with Gasteiger partial charge in [0.2, 0.25) is 0 Å². The molecule has 106 valence electrons. The maximum absolute atomic E-state index is 12.1. The van der Waals surface area contributed by atoms with E-state index in [1.807, 2.05) is 6.92 Å². The molecular formula is C15H17ClN2O2. The number of nitrogens with one attached hydrogen (secondary N) is 1. The van der Waals surface area contributed by atoms with Crippen molar-refractivity contribution in [3.8, 4) is 11.8 Å². The second kappa shape index (κ2) is 6.76. The Morgan fingerprint density at radius 1 is 1.55 bits per heavy atom. The van der Waals surface area contributed by atoms with E-state index in [1.165, 1.54) is 0 Å². The van der Waals surface area contributed by atoms with E-state index in [4.69, 9.17) is 22.1 Å². The third-order valence-electron chi connectivity index (χ3n) is 3.08. The molecule has 1 aromatic rings. The number of benzene rings is 1. The van der Waals surface area contributed by atoms with E-state index in [-0.39, 0.29) is 18.6 Å². The van der Waals surface area contributed by atoms with E-state index in [1.54, 1.807) is 18.2 Å². The molecule has 1 aliphatic rings. The molecular weight excluding hydrogens is 276 g/mol. The topological polar surface area (TPSA) is 64.4 Å². The smallest absolute Gasteiger partial charge is 0.253 e. The minimum absolute atomic E-state index is 0.128. The molecule has 0 bridgehead atoms. The lowest BCUT2D eigenvalue weighted by atomic mass is 10.1. The molecule has 1 aliphatic heterocycles. The van der Waals surface area contributed by atoms with Crippen LogP contribution in [-0.2, 0) is 9.53 Å². The van der Waals surface area contributed by atoms with Gasteiger partial charge < -0.3 is 15.8 Å². The summed E-state index contributed by atoms with van der Waals surface area (Å²) in [5, 5.41) is 3.27. The molecule has 0 radical (unpaired) electrons. The van der Waals surface area contributed by atoms with Crippen LogP contribution in [-0.4, -0.2) is 24.7 Å². The summed E-state index contributed by atoms with van der Waals surface area (Å²) in [7, 11) is 0. The Hall–Kier alpha value is -1.54. The van der Waals surface area contributed by atoms with Crippen molar-refractivity contribution in [2.45, 2.75) is 32.0 Å². The van der Waals surface area contributed by atoms with Crippen LogP contribution in [0.1, 0.15) is 25.3 Å². The van der Waals surface area contributed by atoms with Crippen LogP contribution in [0, 0.1) is 11.8 Å². The number of hydrogen-bond acceptors (Lipinski definition) is 3. The molecule has 2 unspecified atom stereocenters. The average molecular weight is 293 g/mol. The van der Waals surface area contributed by atoms with Gasteiger partial charge in [-0.15, -0.1) is 0 Å². The quantitative estimate of drug-likeness (QED) is 0.821. The van der Waals surface area contributed by atoms with Gasteiger partial charge in [-0.1, -0.05) is 23.4 Å². The van der Waals surface area contributed by atoms with Crippen molar-refractivity contribution in [1.82, 2.24) is 0 Å². The maximum atomic E-state index is 12.1. The van der Waals surface area contributed by atoms with E-state index in [9.17, 15) is 4.79 Å². The summed E-state index contributed by atoms with van der Waals surface area (Å²) in [6, 6.07) is 5.23. The summed E-state index contributed by atoms with van der Waals surface area (Å²) in [6.07, 6.45) is 1.35. The molecule has 20 heavy (non-hydrogen) atoms. The molecule has 5 heteroatoms. The van der Waals surface area contributed by atoms with Crippen LogP contribution < -0.4 is 11.1 Å². The van der Waals surface area contributed by atoms with Gasteiger partial charge in [-0.25, -0.2) is 0 Å². The predicted molar refractivity (Wildman–Crippen MR) is 79.6 cm³/mol. The average Bonchev–Trinajstić information content (AvgIpc) is 2.86. The first-order valence-electron chi connectivity index (χ1n) is 6.55. The van der Waals surface area contributed by atoms with Crippen molar-refractivity contribution in [1.29, 1.82) is 0 Å². The third-order valence-corrected chi connectivity index (χ3v) is 3.41. The zero-order valence-corrected chi connectivity index (χ0v) is 12.0. The zero-order valence-electron chi connectivity index (χ0n) is 11.3. The molecule has 0 aromatic heterocycles. The highest BCUT2D eigenvalue weighted by Crippen LogP contribution is 2.25. The minimum Gasteiger partial charge on any atom is -0.365 e. The Morgan fingerprint density at radius 3 is 3.00 bits per heavy atom. The van der Waals surface area contributed by atoms with E-state index in [0.29, 0.717) is 10.7 Å². The van der Waals surface area contributed by atoms with E-state index >= 15 is 0 Å². The maximum Gasteiger partial charge on any atom is 0.253 e. The summed E-state index contributed by atoms with van der Waals surface area (Å²) >= 11 is 6.08. The van der Waals surface area contributed by atoms with Gasteiger partial charge in [-0.05, 0) is 38.0 Å². The SMILES string of the molecule is CC1CCC(C(=O)Nc2cc(C#CCN)ccc2Cl)O1. The van der Waals surface area contributed by atoms with Crippen molar-refractivity contribution in [3.05, 3.63) is 28.8 Å². The molecule has 4 nitrogen and oxygen atoms in total. The summed E-state index contributed by atoms with van der Waals surface area (Å²) in [5.41, 5.74) is 6.64. The van der Waals surface area contributed by atoms with Crippen LogP contribution in [0.4, 0.5) is 5.69 Å².